The number of carbonyl (C=O) groups is 1. The highest BCUT2D eigenvalue weighted by Gasteiger charge is 2.30. The van der Waals surface area contributed by atoms with E-state index in [4.69, 9.17) is 44.3 Å². The van der Waals surface area contributed by atoms with Gasteiger partial charge in [-0.3, -0.25) is 4.79 Å². The van der Waals surface area contributed by atoms with Gasteiger partial charge in [0, 0.05) is 7.05 Å². The summed E-state index contributed by atoms with van der Waals surface area (Å²) in [5, 5.41) is 0. The molecule has 0 atom stereocenters. The largest absolute Gasteiger partial charge is 0.493 e. The summed E-state index contributed by atoms with van der Waals surface area (Å²) in [5.41, 5.74) is 0.646. The van der Waals surface area contributed by atoms with Crippen molar-refractivity contribution in [2.75, 3.05) is 26.2 Å². The Hall–Kier alpha value is -1.17. The minimum atomic E-state index is -2.07. The number of amides is 1. The fraction of sp³-hybridized carbons (Fsp3) is 0.333. The van der Waals surface area contributed by atoms with Gasteiger partial charge in [-0.2, -0.15) is 4.99 Å². The molecule has 8 heteroatoms. The standard InChI is InChI=1S/C12H13Cl3N2O3/c1-17(7-16-11(18)12(13,14)15)8-5-4-6-9(19-2)10(8)20-3/h4-7H,1-3H3. The summed E-state index contributed by atoms with van der Waals surface area (Å²) < 4.78 is 8.38. The predicted molar refractivity (Wildman–Crippen MR) is 81.7 cm³/mol. The van der Waals surface area contributed by atoms with Crippen molar-refractivity contribution in [3.63, 3.8) is 0 Å². The Morgan fingerprint density at radius 1 is 1.30 bits per heavy atom. The lowest BCUT2D eigenvalue weighted by molar-refractivity contribution is -0.116. The molecule has 0 aliphatic rings. The maximum Gasteiger partial charge on any atom is 0.299 e. The molecule has 0 aliphatic carbocycles. The zero-order valence-electron chi connectivity index (χ0n) is 11.1. The van der Waals surface area contributed by atoms with Gasteiger partial charge in [0.05, 0.1) is 26.2 Å². The summed E-state index contributed by atoms with van der Waals surface area (Å²) in [4.78, 5) is 16.5. The van der Waals surface area contributed by atoms with E-state index in [1.807, 2.05) is 0 Å². The number of aliphatic imine (C=N–C) groups is 1. The van der Waals surface area contributed by atoms with E-state index in [2.05, 4.69) is 4.99 Å². The van der Waals surface area contributed by atoms with Crippen molar-refractivity contribution in [2.24, 2.45) is 4.99 Å². The molecule has 20 heavy (non-hydrogen) atoms. The number of methoxy groups -OCH3 is 2. The van der Waals surface area contributed by atoms with E-state index in [0.717, 1.165) is 0 Å². The van der Waals surface area contributed by atoms with E-state index in [1.165, 1.54) is 20.6 Å². The maximum atomic E-state index is 11.4. The monoisotopic (exact) mass is 338 g/mol. The third kappa shape index (κ3) is 4.16. The number of alkyl halides is 3. The van der Waals surface area contributed by atoms with Crippen molar-refractivity contribution >= 4 is 52.7 Å². The lowest BCUT2D eigenvalue weighted by Gasteiger charge is -2.18. The van der Waals surface area contributed by atoms with Crippen molar-refractivity contribution in [1.29, 1.82) is 0 Å². The number of halogens is 3. The number of hydrogen-bond acceptors (Lipinski definition) is 3. The van der Waals surface area contributed by atoms with Gasteiger partial charge < -0.3 is 14.4 Å². The normalized spacial score (nSPS) is 11.5. The average Bonchev–Trinajstić information content (AvgIpc) is 2.42. The van der Waals surface area contributed by atoms with Crippen LogP contribution in [-0.4, -0.2) is 37.3 Å². The van der Waals surface area contributed by atoms with Gasteiger partial charge in [-0.1, -0.05) is 40.9 Å². The fourth-order valence-corrected chi connectivity index (χ4v) is 1.57. The number of nitrogens with zero attached hydrogens (tertiary/aromatic N) is 2. The van der Waals surface area contributed by atoms with Gasteiger partial charge in [0.15, 0.2) is 11.5 Å². The van der Waals surface area contributed by atoms with E-state index >= 15 is 0 Å². The van der Waals surface area contributed by atoms with Gasteiger partial charge in [0.2, 0.25) is 0 Å². The Bertz CT molecular complexity index is 515. The second-order valence-electron chi connectivity index (χ2n) is 3.67. The molecule has 1 aromatic carbocycles. The number of anilines is 1. The van der Waals surface area contributed by atoms with Gasteiger partial charge in [-0.05, 0) is 12.1 Å². The summed E-state index contributed by atoms with van der Waals surface area (Å²) in [6.45, 7) is 0. The number of para-hydroxylation sites is 1. The van der Waals surface area contributed by atoms with Crippen LogP contribution in [0.4, 0.5) is 5.69 Å². The highest BCUT2D eigenvalue weighted by atomic mass is 35.6. The molecule has 110 valence electrons. The van der Waals surface area contributed by atoms with Gasteiger partial charge in [-0.15, -0.1) is 0 Å². The molecule has 0 aromatic heterocycles. The van der Waals surface area contributed by atoms with Crippen molar-refractivity contribution in [1.82, 2.24) is 0 Å². The number of hydrogen-bond donors (Lipinski definition) is 0. The van der Waals surface area contributed by atoms with Crippen LogP contribution >= 0.6 is 34.8 Å². The first-order valence-corrected chi connectivity index (χ1v) is 6.53. The Labute approximate surface area is 132 Å². The smallest absolute Gasteiger partial charge is 0.299 e. The van der Waals surface area contributed by atoms with E-state index in [0.29, 0.717) is 17.2 Å². The molecule has 1 amide bonds. The van der Waals surface area contributed by atoms with Crippen LogP contribution in [0.1, 0.15) is 0 Å². The van der Waals surface area contributed by atoms with E-state index in [1.54, 1.807) is 30.1 Å². The fourth-order valence-electron chi connectivity index (χ4n) is 1.42. The number of carbonyl (C=O) groups excluding carboxylic acids is 1. The second kappa shape index (κ2) is 7.02. The third-order valence-electron chi connectivity index (χ3n) is 2.35. The first-order valence-electron chi connectivity index (χ1n) is 5.40. The molecule has 0 spiro atoms. The molecule has 0 aliphatic heterocycles. The van der Waals surface area contributed by atoms with E-state index < -0.39 is 9.70 Å². The first kappa shape index (κ1) is 16.9. The van der Waals surface area contributed by atoms with Crippen LogP contribution in [0.3, 0.4) is 0 Å². The second-order valence-corrected chi connectivity index (χ2v) is 5.95. The van der Waals surface area contributed by atoms with Gasteiger partial charge in [0.25, 0.3) is 9.70 Å². The predicted octanol–water partition coefficient (Wildman–Crippen LogP) is 3.07. The number of benzene rings is 1. The summed E-state index contributed by atoms with van der Waals surface area (Å²) in [5.74, 6) is 0.180. The minimum Gasteiger partial charge on any atom is -0.493 e. The summed E-state index contributed by atoms with van der Waals surface area (Å²) in [6.07, 6.45) is 1.24. The van der Waals surface area contributed by atoms with Crippen LogP contribution in [0.25, 0.3) is 0 Å². The summed E-state index contributed by atoms with van der Waals surface area (Å²) in [7, 11) is 4.72. The van der Waals surface area contributed by atoms with Crippen molar-refractivity contribution < 1.29 is 14.3 Å². The molecule has 0 saturated heterocycles. The van der Waals surface area contributed by atoms with Gasteiger partial charge in [-0.25, -0.2) is 0 Å². The molecule has 0 N–H and O–H groups in total. The molecule has 1 aromatic rings. The SMILES string of the molecule is COc1cccc(N(C)C=NC(=O)C(Cl)(Cl)Cl)c1OC. The van der Waals surface area contributed by atoms with Gasteiger partial charge in [0.1, 0.15) is 0 Å². The van der Waals surface area contributed by atoms with Crippen molar-refractivity contribution in [2.45, 2.75) is 3.79 Å². The number of ether oxygens (including phenoxy) is 2. The molecular weight excluding hydrogens is 327 g/mol. The van der Waals surface area contributed by atoms with Crippen molar-refractivity contribution in [3.8, 4) is 11.5 Å². The van der Waals surface area contributed by atoms with Crippen LogP contribution in [0, 0.1) is 0 Å². The van der Waals surface area contributed by atoms with E-state index in [-0.39, 0.29) is 0 Å². The summed E-state index contributed by atoms with van der Waals surface area (Å²) >= 11 is 16.3. The average molecular weight is 340 g/mol. The number of rotatable bonds is 4. The van der Waals surface area contributed by atoms with Crippen molar-refractivity contribution in [3.05, 3.63) is 18.2 Å². The molecule has 0 heterocycles. The molecule has 0 bridgehead atoms. The molecule has 1 rings (SSSR count). The molecule has 0 fully saturated rings. The maximum absolute atomic E-state index is 11.4. The molecular formula is C12H13Cl3N2O3. The Morgan fingerprint density at radius 2 is 1.95 bits per heavy atom. The van der Waals surface area contributed by atoms with Crippen LogP contribution in [0.5, 0.6) is 11.5 Å². The Morgan fingerprint density at radius 3 is 2.45 bits per heavy atom. The third-order valence-corrected chi connectivity index (χ3v) is 2.84. The van der Waals surface area contributed by atoms with Gasteiger partial charge >= 0.3 is 0 Å². The van der Waals surface area contributed by atoms with Crippen LogP contribution in [0.2, 0.25) is 0 Å². The highest BCUT2D eigenvalue weighted by molar-refractivity contribution is 6.76. The van der Waals surface area contributed by atoms with E-state index in [9.17, 15) is 4.79 Å². The zero-order valence-corrected chi connectivity index (χ0v) is 13.3. The lowest BCUT2D eigenvalue weighted by Crippen LogP contribution is -2.21. The first-order chi connectivity index (χ1) is 9.31. The van der Waals surface area contributed by atoms with Crippen LogP contribution < -0.4 is 14.4 Å². The molecule has 0 saturated carbocycles. The lowest BCUT2D eigenvalue weighted by atomic mass is 10.2. The minimum absolute atomic E-state index is 0.505. The van der Waals surface area contributed by atoms with Crippen LogP contribution in [-0.2, 0) is 4.79 Å². The molecule has 0 radical (unpaired) electrons. The summed E-state index contributed by atoms with van der Waals surface area (Å²) in [6, 6.07) is 5.30. The highest BCUT2D eigenvalue weighted by Crippen LogP contribution is 2.36. The zero-order chi connectivity index (χ0) is 15.3. The quantitative estimate of drug-likeness (QED) is 0.480. The Kier molecular flexibility index (Phi) is 5.92. The molecule has 0 unspecified atom stereocenters. The Balaban J connectivity index is 3.01. The molecule has 5 nitrogen and oxygen atoms in total. The van der Waals surface area contributed by atoms with Crippen LogP contribution in [0.15, 0.2) is 23.2 Å². The topological polar surface area (TPSA) is 51.1 Å².